The number of carbonyl (C=O) groups is 3. The van der Waals surface area contributed by atoms with Crippen LogP contribution >= 0.6 is 0 Å². The third-order valence-electron chi connectivity index (χ3n) is 5.82. The van der Waals surface area contributed by atoms with Crippen LogP contribution in [0.4, 0.5) is 0 Å². The third kappa shape index (κ3) is 1.98. The number of carboxylic acid groups (broad SMARTS) is 2. The largest absolute Gasteiger partial charge is 0.476 e. The molecule has 0 spiro atoms. The summed E-state index contributed by atoms with van der Waals surface area (Å²) in [6.45, 7) is 0.762. The van der Waals surface area contributed by atoms with Crippen molar-refractivity contribution in [3.8, 4) is 0 Å². The molecule has 0 radical (unpaired) electrons. The molecule has 2 aliphatic carbocycles. The van der Waals surface area contributed by atoms with E-state index in [4.69, 9.17) is 5.73 Å². The number of fused-ring (bicyclic) bond motifs is 2. The first-order chi connectivity index (χ1) is 9.69. The molecule has 4 N–H and O–H groups in total. The topological polar surface area (TPSA) is 118 Å². The second kappa shape index (κ2) is 5.06. The van der Waals surface area contributed by atoms with Crippen LogP contribution < -0.4 is 5.73 Å². The molecule has 7 nitrogen and oxygen atoms in total. The van der Waals surface area contributed by atoms with Gasteiger partial charge in [-0.25, -0.2) is 18.9 Å². The summed E-state index contributed by atoms with van der Waals surface area (Å²) in [5.41, 5.74) is 3.25. The summed E-state index contributed by atoms with van der Waals surface area (Å²) < 4.78 is -0.644. The van der Waals surface area contributed by atoms with Gasteiger partial charge in [0.1, 0.15) is 12.6 Å². The molecule has 2 fully saturated rings. The maximum Gasteiger partial charge on any atom is 0.378 e. The average molecular weight is 299 g/mol. The van der Waals surface area contributed by atoms with Gasteiger partial charge in [0, 0.05) is 19.3 Å². The number of carbonyl (C=O) groups excluding carboxylic acids is 1. The van der Waals surface area contributed by atoms with Gasteiger partial charge in [0.25, 0.3) is 5.54 Å². The zero-order valence-corrected chi connectivity index (χ0v) is 12.4. The fourth-order valence-electron chi connectivity index (χ4n) is 4.29. The molecule has 0 saturated heterocycles. The van der Waals surface area contributed by atoms with Gasteiger partial charge in [-0.15, -0.1) is 0 Å². The lowest BCUT2D eigenvalue weighted by Gasteiger charge is -2.48. The lowest BCUT2D eigenvalue weighted by molar-refractivity contribution is -0.894. The summed E-state index contributed by atoms with van der Waals surface area (Å²) in [4.78, 5) is 35.9. The first-order valence-corrected chi connectivity index (χ1v) is 7.26. The van der Waals surface area contributed by atoms with Crippen molar-refractivity contribution in [2.45, 2.75) is 44.2 Å². The molecular formula is C14H23N2O5+. The fraction of sp³-hybridized carbons (Fsp3) is 0.786. The zero-order valence-electron chi connectivity index (χ0n) is 12.4. The Kier molecular flexibility index (Phi) is 3.84. The molecule has 2 aliphatic rings. The summed E-state index contributed by atoms with van der Waals surface area (Å²) in [6, 6.07) is -0.281. The van der Waals surface area contributed by atoms with Crippen LogP contribution in [0.2, 0.25) is 0 Å². The van der Waals surface area contributed by atoms with Crippen LogP contribution in [0, 0.1) is 11.8 Å². The van der Waals surface area contributed by atoms with E-state index in [9.17, 15) is 24.6 Å². The SMILES string of the molecule is CC(C(=O)O)(C(=O)O)[N+](C)(C(=O)CN)C1CC2CCC1C2. The number of aliphatic carboxylic acids is 2. The molecule has 1 amide bonds. The summed E-state index contributed by atoms with van der Waals surface area (Å²) in [5.74, 6) is -2.85. The van der Waals surface area contributed by atoms with Crippen LogP contribution in [0.5, 0.6) is 0 Å². The molecule has 4 unspecified atom stereocenters. The summed E-state index contributed by atoms with van der Waals surface area (Å²) in [5, 5.41) is 19.0. The van der Waals surface area contributed by atoms with Crippen LogP contribution in [0.25, 0.3) is 0 Å². The lowest BCUT2D eigenvalue weighted by atomic mass is 9.85. The van der Waals surface area contributed by atoms with Crippen molar-refractivity contribution in [2.75, 3.05) is 13.6 Å². The van der Waals surface area contributed by atoms with Gasteiger partial charge >= 0.3 is 17.8 Å². The highest BCUT2D eigenvalue weighted by Crippen LogP contribution is 2.50. The Morgan fingerprint density at radius 2 is 1.76 bits per heavy atom. The van der Waals surface area contributed by atoms with E-state index in [-0.39, 0.29) is 18.5 Å². The predicted octanol–water partition coefficient (Wildman–Crippen LogP) is 0.0348. The van der Waals surface area contributed by atoms with Crippen molar-refractivity contribution in [3.63, 3.8) is 0 Å². The van der Waals surface area contributed by atoms with Gasteiger partial charge in [0.2, 0.25) is 0 Å². The number of rotatable bonds is 5. The smallest absolute Gasteiger partial charge is 0.378 e. The number of hydrogen-bond donors (Lipinski definition) is 3. The Hall–Kier alpha value is -1.47. The van der Waals surface area contributed by atoms with E-state index in [1.54, 1.807) is 0 Å². The van der Waals surface area contributed by atoms with Gasteiger partial charge in [-0.1, -0.05) is 0 Å². The van der Waals surface area contributed by atoms with Crippen LogP contribution in [0.3, 0.4) is 0 Å². The highest BCUT2D eigenvalue weighted by molar-refractivity contribution is 6.02. The molecule has 0 aliphatic heterocycles. The minimum atomic E-state index is -2.22. The molecular weight excluding hydrogens is 276 g/mol. The number of amides is 1. The van der Waals surface area contributed by atoms with Gasteiger partial charge in [0.15, 0.2) is 0 Å². The second-order valence-electron chi connectivity index (χ2n) is 6.60. The Morgan fingerprint density at radius 1 is 1.19 bits per heavy atom. The van der Waals surface area contributed by atoms with E-state index in [2.05, 4.69) is 0 Å². The van der Waals surface area contributed by atoms with Crippen molar-refractivity contribution >= 4 is 17.8 Å². The van der Waals surface area contributed by atoms with Gasteiger partial charge in [-0.2, -0.15) is 0 Å². The fourth-order valence-corrected chi connectivity index (χ4v) is 4.29. The Bertz CT molecular complexity index is 478. The maximum atomic E-state index is 12.5. The molecule has 2 saturated carbocycles. The quantitative estimate of drug-likeness (QED) is 0.487. The summed E-state index contributed by atoms with van der Waals surface area (Å²) >= 11 is 0. The van der Waals surface area contributed by atoms with Gasteiger partial charge in [0.05, 0.1) is 7.05 Å². The molecule has 7 heteroatoms. The van der Waals surface area contributed by atoms with Crippen LogP contribution in [0.1, 0.15) is 32.6 Å². The monoisotopic (exact) mass is 299 g/mol. The molecule has 4 atom stereocenters. The number of likely N-dealkylation sites (N-methyl/N-ethyl adjacent to an activating group) is 1. The van der Waals surface area contributed by atoms with Crippen molar-refractivity contribution in [1.29, 1.82) is 0 Å². The molecule has 0 aromatic heterocycles. The van der Waals surface area contributed by atoms with Crippen LogP contribution in [-0.2, 0) is 14.4 Å². The zero-order chi connectivity index (χ0) is 16.0. The van der Waals surface area contributed by atoms with Crippen molar-refractivity contribution in [1.82, 2.24) is 0 Å². The van der Waals surface area contributed by atoms with Gasteiger partial charge in [-0.3, -0.25) is 0 Å². The number of nitrogens with zero attached hydrogens (tertiary/aromatic N) is 1. The van der Waals surface area contributed by atoms with Crippen molar-refractivity contribution in [3.05, 3.63) is 0 Å². The van der Waals surface area contributed by atoms with E-state index in [1.165, 1.54) is 7.05 Å². The van der Waals surface area contributed by atoms with Gasteiger partial charge < -0.3 is 15.9 Å². The Labute approximate surface area is 123 Å². The van der Waals surface area contributed by atoms with E-state index in [0.717, 1.165) is 26.2 Å². The second-order valence-corrected chi connectivity index (χ2v) is 6.60. The molecule has 0 aromatic rings. The molecule has 118 valence electrons. The van der Waals surface area contributed by atoms with Crippen LogP contribution in [-0.4, -0.2) is 57.7 Å². The van der Waals surface area contributed by atoms with Gasteiger partial charge in [-0.05, 0) is 25.2 Å². The highest BCUT2D eigenvalue weighted by atomic mass is 16.4. The average Bonchev–Trinajstić information content (AvgIpc) is 3.06. The predicted molar refractivity (Wildman–Crippen MR) is 73.2 cm³/mol. The summed E-state index contributed by atoms with van der Waals surface area (Å²) in [6.07, 6.45) is 3.65. The summed E-state index contributed by atoms with van der Waals surface area (Å²) in [7, 11) is 1.43. The molecule has 0 aromatic carbocycles. The first kappa shape index (κ1) is 15.9. The van der Waals surface area contributed by atoms with E-state index in [0.29, 0.717) is 12.3 Å². The highest BCUT2D eigenvalue weighted by Gasteiger charge is 2.67. The minimum absolute atomic E-state index is 0.202. The minimum Gasteiger partial charge on any atom is -0.476 e. The Balaban J connectivity index is 2.54. The molecule has 2 bridgehead atoms. The van der Waals surface area contributed by atoms with Crippen molar-refractivity contribution in [2.24, 2.45) is 17.6 Å². The van der Waals surface area contributed by atoms with E-state index < -0.39 is 27.9 Å². The number of carboxylic acids is 2. The Morgan fingerprint density at radius 3 is 2.10 bits per heavy atom. The number of nitrogens with two attached hydrogens (primary N) is 1. The normalized spacial score (nSPS) is 30.9. The molecule has 21 heavy (non-hydrogen) atoms. The first-order valence-electron chi connectivity index (χ1n) is 7.26. The third-order valence-corrected chi connectivity index (χ3v) is 5.82. The van der Waals surface area contributed by atoms with Crippen LogP contribution in [0.15, 0.2) is 0 Å². The molecule has 2 rings (SSSR count). The maximum absolute atomic E-state index is 12.5. The lowest BCUT2D eigenvalue weighted by Crippen LogP contribution is -2.76. The molecule has 0 heterocycles. The van der Waals surface area contributed by atoms with E-state index in [1.807, 2.05) is 0 Å². The van der Waals surface area contributed by atoms with Crippen molar-refractivity contribution < 1.29 is 29.1 Å². The number of quaternary nitrogens is 1. The van der Waals surface area contributed by atoms with E-state index >= 15 is 0 Å². The standard InChI is InChI=1S/C14H22N2O5/c1-14(12(18)19,13(20)21)16(2,11(17)7-15)10-6-8-3-4-9(10)5-8/h8-10H,3-7,15H2,1-2H3,(H-,18,19,20,21)/p+1. The number of hydrogen-bond acceptors (Lipinski definition) is 4.